The highest BCUT2D eigenvalue weighted by atomic mass is 15.2. The molecule has 0 aromatic carbocycles. The predicted molar refractivity (Wildman–Crippen MR) is 75.2 cm³/mol. The zero-order valence-electron chi connectivity index (χ0n) is 10.8. The van der Waals surface area contributed by atoms with E-state index in [1.54, 1.807) is 13.4 Å². The molecule has 0 amide bonds. The summed E-state index contributed by atoms with van der Waals surface area (Å²) < 4.78 is 0. The van der Waals surface area contributed by atoms with E-state index < -0.39 is 0 Å². The normalized spacial score (nSPS) is 15.9. The Labute approximate surface area is 103 Å². The summed E-state index contributed by atoms with van der Waals surface area (Å²) in [6.07, 6.45) is 4.50. The maximum absolute atomic E-state index is 4.39. The Kier molecular flexibility index (Phi) is 4.21. The van der Waals surface area contributed by atoms with Crippen LogP contribution in [0.4, 0.5) is 0 Å². The summed E-state index contributed by atoms with van der Waals surface area (Å²) in [6, 6.07) is 0. The van der Waals surface area contributed by atoms with Crippen molar-refractivity contribution >= 4 is 12.1 Å². The van der Waals surface area contributed by atoms with E-state index in [0.29, 0.717) is 5.82 Å². The minimum Gasteiger partial charge on any atom is -0.289 e. The van der Waals surface area contributed by atoms with Crippen LogP contribution in [0.15, 0.2) is 58.5 Å². The number of hydrogen-bond acceptors (Lipinski definition) is 2. The quantitative estimate of drug-likeness (QED) is 0.413. The Bertz CT molecular complexity index is 450. The van der Waals surface area contributed by atoms with Crippen LogP contribution in [0.25, 0.3) is 0 Å². The van der Waals surface area contributed by atoms with Gasteiger partial charge in [0.1, 0.15) is 5.82 Å². The van der Waals surface area contributed by atoms with Crippen molar-refractivity contribution in [3.8, 4) is 0 Å². The first kappa shape index (κ1) is 13.2. The van der Waals surface area contributed by atoms with Crippen molar-refractivity contribution < 1.29 is 0 Å². The van der Waals surface area contributed by atoms with Crippen LogP contribution in [0.5, 0.6) is 0 Å². The van der Waals surface area contributed by atoms with E-state index in [1.165, 1.54) is 0 Å². The summed E-state index contributed by atoms with van der Waals surface area (Å²) >= 11 is 0. The van der Waals surface area contributed by atoms with Gasteiger partial charge in [-0.25, -0.2) is 4.99 Å². The fraction of sp³-hybridized carbons (Fsp3) is 0.286. The molecule has 1 aliphatic heterocycles. The second-order valence-electron chi connectivity index (χ2n) is 4.21. The highest BCUT2D eigenvalue weighted by Gasteiger charge is 2.17. The van der Waals surface area contributed by atoms with Crippen molar-refractivity contribution in [2.45, 2.75) is 20.3 Å². The van der Waals surface area contributed by atoms with Crippen molar-refractivity contribution in [3.05, 3.63) is 48.5 Å². The number of hydrogen-bond donors (Lipinski definition) is 0. The summed E-state index contributed by atoms with van der Waals surface area (Å²) in [7, 11) is 1.73. The molecule has 1 aliphatic rings. The van der Waals surface area contributed by atoms with Gasteiger partial charge in [0.05, 0.1) is 12.1 Å². The van der Waals surface area contributed by atoms with Gasteiger partial charge in [-0.05, 0) is 25.5 Å². The summed E-state index contributed by atoms with van der Waals surface area (Å²) in [5.74, 6) is 0.660. The van der Waals surface area contributed by atoms with E-state index in [9.17, 15) is 0 Å². The molecule has 3 nitrogen and oxygen atoms in total. The third-order valence-corrected chi connectivity index (χ3v) is 2.29. The van der Waals surface area contributed by atoms with Crippen molar-refractivity contribution in [1.82, 2.24) is 4.90 Å². The van der Waals surface area contributed by atoms with E-state index in [1.807, 2.05) is 24.8 Å². The molecule has 0 N–H and O–H groups in total. The second kappa shape index (κ2) is 5.43. The first-order valence-corrected chi connectivity index (χ1v) is 5.45. The molecule has 0 saturated carbocycles. The zero-order chi connectivity index (χ0) is 13.0. The van der Waals surface area contributed by atoms with Gasteiger partial charge >= 0.3 is 0 Å². The van der Waals surface area contributed by atoms with E-state index in [-0.39, 0.29) is 0 Å². The third kappa shape index (κ3) is 3.28. The molecule has 0 radical (unpaired) electrons. The minimum atomic E-state index is 0.660. The fourth-order valence-electron chi connectivity index (χ4n) is 1.54. The Morgan fingerprint density at radius 1 is 1.47 bits per heavy atom. The molecule has 0 aromatic rings. The molecule has 17 heavy (non-hydrogen) atoms. The third-order valence-electron chi connectivity index (χ3n) is 2.29. The standard InChI is InChI=1S/C14H19N3/c1-10(2)7-13-8-14(11(3)4)16-12(5)17(13)9-15-6/h8-9H,1,3,5,7H2,2,4,6H3. The number of nitrogens with zero attached hydrogens (tertiary/aromatic N) is 3. The van der Waals surface area contributed by atoms with Gasteiger partial charge in [-0.1, -0.05) is 25.3 Å². The fourth-order valence-corrected chi connectivity index (χ4v) is 1.54. The monoisotopic (exact) mass is 229 g/mol. The number of aliphatic imine (C=N–C) groups is 2. The second-order valence-corrected chi connectivity index (χ2v) is 4.21. The largest absolute Gasteiger partial charge is 0.289 e. The van der Waals surface area contributed by atoms with Crippen LogP contribution in [-0.2, 0) is 0 Å². The van der Waals surface area contributed by atoms with Crippen molar-refractivity contribution in [3.63, 3.8) is 0 Å². The van der Waals surface area contributed by atoms with Crippen LogP contribution >= 0.6 is 0 Å². The summed E-state index contributed by atoms with van der Waals surface area (Å²) in [4.78, 5) is 10.3. The molecule has 0 saturated heterocycles. The van der Waals surface area contributed by atoms with Crippen LogP contribution in [0.2, 0.25) is 0 Å². The molecular formula is C14H19N3. The van der Waals surface area contributed by atoms with Crippen LogP contribution in [0, 0.1) is 0 Å². The SMILES string of the molecule is C=C(C)CC1=CC(C(=C)C)=NC(=C)N1C=NC. The van der Waals surface area contributed by atoms with Crippen LogP contribution in [-0.4, -0.2) is 24.0 Å². The van der Waals surface area contributed by atoms with Gasteiger partial charge in [0, 0.05) is 19.2 Å². The van der Waals surface area contributed by atoms with Crippen LogP contribution < -0.4 is 0 Å². The molecule has 0 bridgehead atoms. The molecule has 1 rings (SSSR count). The lowest BCUT2D eigenvalue weighted by atomic mass is 10.1. The Hall–Kier alpha value is -1.90. The Balaban J connectivity index is 3.13. The molecule has 1 heterocycles. The highest BCUT2D eigenvalue weighted by molar-refractivity contribution is 6.09. The first-order chi connectivity index (χ1) is 7.95. The molecule has 0 unspecified atom stereocenters. The van der Waals surface area contributed by atoms with Gasteiger partial charge in [-0.15, -0.1) is 0 Å². The topological polar surface area (TPSA) is 28.0 Å². The summed E-state index contributed by atoms with van der Waals surface area (Å²) in [5.41, 5.74) is 3.95. The molecule has 0 fully saturated rings. The summed E-state index contributed by atoms with van der Waals surface area (Å²) in [6.45, 7) is 15.7. The van der Waals surface area contributed by atoms with E-state index in [4.69, 9.17) is 0 Å². The molecule has 0 aromatic heterocycles. The molecule has 0 atom stereocenters. The van der Waals surface area contributed by atoms with Crippen LogP contribution in [0.3, 0.4) is 0 Å². The average Bonchev–Trinajstić information content (AvgIpc) is 2.21. The Morgan fingerprint density at radius 2 is 2.12 bits per heavy atom. The number of allylic oxidation sites excluding steroid dienone is 3. The van der Waals surface area contributed by atoms with Gasteiger partial charge in [0.2, 0.25) is 0 Å². The van der Waals surface area contributed by atoms with Gasteiger partial charge in [-0.2, -0.15) is 0 Å². The van der Waals surface area contributed by atoms with Crippen molar-refractivity contribution in [2.75, 3.05) is 7.05 Å². The Morgan fingerprint density at radius 3 is 2.59 bits per heavy atom. The highest BCUT2D eigenvalue weighted by Crippen LogP contribution is 2.23. The lowest BCUT2D eigenvalue weighted by Gasteiger charge is -2.27. The predicted octanol–water partition coefficient (Wildman–Crippen LogP) is 3.30. The number of rotatable bonds is 4. The van der Waals surface area contributed by atoms with Crippen molar-refractivity contribution in [2.24, 2.45) is 9.98 Å². The average molecular weight is 229 g/mol. The molecular weight excluding hydrogens is 210 g/mol. The lowest BCUT2D eigenvalue weighted by Crippen LogP contribution is -2.24. The molecule has 0 aliphatic carbocycles. The minimum absolute atomic E-state index is 0.660. The van der Waals surface area contributed by atoms with E-state index in [2.05, 4.69) is 29.7 Å². The smallest absolute Gasteiger partial charge is 0.131 e. The summed E-state index contributed by atoms with van der Waals surface area (Å²) in [5, 5.41) is 0. The van der Waals surface area contributed by atoms with Gasteiger partial charge in [-0.3, -0.25) is 9.89 Å². The maximum atomic E-state index is 4.39. The van der Waals surface area contributed by atoms with Crippen molar-refractivity contribution in [1.29, 1.82) is 0 Å². The molecule has 90 valence electrons. The van der Waals surface area contributed by atoms with Crippen LogP contribution in [0.1, 0.15) is 20.3 Å². The van der Waals surface area contributed by atoms with Gasteiger partial charge < -0.3 is 0 Å². The lowest BCUT2D eigenvalue weighted by molar-refractivity contribution is 0.613. The first-order valence-electron chi connectivity index (χ1n) is 5.45. The maximum Gasteiger partial charge on any atom is 0.131 e. The zero-order valence-corrected chi connectivity index (χ0v) is 10.8. The molecule has 0 spiro atoms. The molecule has 3 heteroatoms. The van der Waals surface area contributed by atoms with E-state index in [0.717, 1.165) is 29.0 Å². The van der Waals surface area contributed by atoms with Gasteiger partial charge in [0.15, 0.2) is 0 Å². The van der Waals surface area contributed by atoms with E-state index >= 15 is 0 Å². The van der Waals surface area contributed by atoms with Gasteiger partial charge in [0.25, 0.3) is 0 Å².